The number of aryl methyl sites for hydroxylation is 1. The summed E-state index contributed by atoms with van der Waals surface area (Å²) in [4.78, 5) is 15.9. The number of nitrogens with two attached hydrogens (primary N) is 1. The van der Waals surface area contributed by atoms with Crippen LogP contribution in [0, 0.1) is 0 Å². The largest absolute Gasteiger partial charge is 0.347 e. The Balaban J connectivity index is 1.88. The van der Waals surface area contributed by atoms with Gasteiger partial charge >= 0.3 is 0 Å². The van der Waals surface area contributed by atoms with E-state index in [9.17, 15) is 4.79 Å². The van der Waals surface area contributed by atoms with Gasteiger partial charge in [0, 0.05) is 18.5 Å². The average Bonchev–Trinajstić information content (AvgIpc) is 2.81. The molecule has 94 valence electrons. The summed E-state index contributed by atoms with van der Waals surface area (Å²) < 4.78 is 0. The molecule has 1 amide bonds. The van der Waals surface area contributed by atoms with Crippen LogP contribution in [0.4, 0.5) is 0 Å². The normalized spacial score (nSPS) is 24.6. The molecule has 6 heteroatoms. The molecule has 1 aliphatic rings. The predicted molar refractivity (Wildman–Crippen MR) is 63.5 cm³/mol. The molecular weight excluding hydrogens is 218 g/mol. The van der Waals surface area contributed by atoms with Gasteiger partial charge in [-0.05, 0) is 25.7 Å². The fourth-order valence-electron chi connectivity index (χ4n) is 2.07. The molecule has 0 aromatic carbocycles. The molecule has 0 atom stereocenters. The number of aromatic amines is 1. The van der Waals surface area contributed by atoms with Crippen molar-refractivity contribution >= 4 is 5.91 Å². The van der Waals surface area contributed by atoms with Gasteiger partial charge in [-0.1, -0.05) is 6.92 Å². The van der Waals surface area contributed by atoms with Crippen LogP contribution in [0.5, 0.6) is 0 Å². The van der Waals surface area contributed by atoms with Gasteiger partial charge in [-0.3, -0.25) is 9.89 Å². The molecule has 2 rings (SSSR count). The van der Waals surface area contributed by atoms with Crippen LogP contribution >= 0.6 is 0 Å². The second-order valence-corrected chi connectivity index (χ2v) is 4.54. The number of aromatic nitrogens is 3. The zero-order chi connectivity index (χ0) is 12.3. The summed E-state index contributed by atoms with van der Waals surface area (Å²) in [6.45, 7) is 1.96. The molecule has 0 saturated heterocycles. The highest BCUT2D eigenvalue weighted by Gasteiger charge is 2.22. The number of H-pyrrole nitrogens is 1. The van der Waals surface area contributed by atoms with Crippen LogP contribution in [0.2, 0.25) is 0 Å². The molecule has 0 aliphatic heterocycles. The number of hydrogen-bond donors (Lipinski definition) is 3. The topological polar surface area (TPSA) is 96.7 Å². The van der Waals surface area contributed by atoms with Crippen LogP contribution in [0.15, 0.2) is 0 Å². The highest BCUT2D eigenvalue weighted by molar-refractivity contribution is 5.90. The summed E-state index contributed by atoms with van der Waals surface area (Å²) in [5.41, 5.74) is 5.82. The van der Waals surface area contributed by atoms with Crippen molar-refractivity contribution in [1.29, 1.82) is 0 Å². The third-order valence-corrected chi connectivity index (χ3v) is 3.18. The van der Waals surface area contributed by atoms with Gasteiger partial charge in [-0.15, -0.1) is 5.10 Å². The van der Waals surface area contributed by atoms with Crippen molar-refractivity contribution in [1.82, 2.24) is 20.5 Å². The maximum absolute atomic E-state index is 11.8. The van der Waals surface area contributed by atoms with Gasteiger partial charge in [0.05, 0.1) is 0 Å². The lowest BCUT2D eigenvalue weighted by Gasteiger charge is -2.26. The van der Waals surface area contributed by atoms with E-state index in [1.807, 2.05) is 6.92 Å². The Hall–Kier alpha value is -1.43. The first-order valence-corrected chi connectivity index (χ1v) is 6.16. The van der Waals surface area contributed by atoms with Gasteiger partial charge in [-0.25, -0.2) is 4.98 Å². The van der Waals surface area contributed by atoms with E-state index < -0.39 is 0 Å². The number of rotatable bonds is 3. The maximum atomic E-state index is 11.8. The third-order valence-electron chi connectivity index (χ3n) is 3.18. The molecule has 1 fully saturated rings. The van der Waals surface area contributed by atoms with Crippen LogP contribution in [-0.2, 0) is 6.42 Å². The summed E-state index contributed by atoms with van der Waals surface area (Å²) in [7, 11) is 0. The lowest BCUT2D eigenvalue weighted by Crippen LogP contribution is -2.40. The van der Waals surface area contributed by atoms with Crippen LogP contribution in [0.1, 0.15) is 49.1 Å². The standard InChI is InChI=1S/C11H19N5O/c1-2-9-14-10(16-15-9)11(17)13-8-5-3-7(12)4-6-8/h7-8H,2-6,12H2,1H3,(H,13,17)(H,14,15,16)/t7-,8-. The maximum Gasteiger partial charge on any atom is 0.291 e. The van der Waals surface area contributed by atoms with Crippen molar-refractivity contribution in [3.8, 4) is 0 Å². The van der Waals surface area contributed by atoms with Gasteiger partial charge in [0.25, 0.3) is 5.91 Å². The van der Waals surface area contributed by atoms with E-state index in [2.05, 4.69) is 20.5 Å². The number of carbonyl (C=O) groups excluding carboxylic acids is 1. The van der Waals surface area contributed by atoms with Gasteiger partial charge in [0.15, 0.2) is 0 Å². The lowest BCUT2D eigenvalue weighted by atomic mass is 9.92. The first-order valence-electron chi connectivity index (χ1n) is 6.16. The minimum atomic E-state index is -0.193. The second kappa shape index (κ2) is 5.27. The van der Waals surface area contributed by atoms with E-state index in [0.717, 1.165) is 37.9 Å². The van der Waals surface area contributed by atoms with E-state index in [1.54, 1.807) is 0 Å². The quantitative estimate of drug-likeness (QED) is 0.707. The fourth-order valence-corrected chi connectivity index (χ4v) is 2.07. The van der Waals surface area contributed by atoms with Crippen molar-refractivity contribution in [3.63, 3.8) is 0 Å². The Labute approximate surface area is 100 Å². The van der Waals surface area contributed by atoms with Crippen LogP contribution in [-0.4, -0.2) is 33.2 Å². The number of nitrogens with one attached hydrogen (secondary N) is 2. The molecule has 1 aromatic rings. The molecule has 1 heterocycles. The third kappa shape index (κ3) is 3.03. The summed E-state index contributed by atoms with van der Waals surface area (Å²) in [6, 6.07) is 0.504. The van der Waals surface area contributed by atoms with Gasteiger partial charge < -0.3 is 11.1 Å². The number of amides is 1. The molecule has 0 unspecified atom stereocenters. The Morgan fingerprint density at radius 3 is 2.76 bits per heavy atom. The Bertz CT molecular complexity index is 381. The molecule has 6 nitrogen and oxygen atoms in total. The van der Waals surface area contributed by atoms with Crippen molar-refractivity contribution in [3.05, 3.63) is 11.6 Å². The first kappa shape index (κ1) is 12.0. The molecule has 1 saturated carbocycles. The Morgan fingerprint density at radius 1 is 1.47 bits per heavy atom. The molecular formula is C11H19N5O. The zero-order valence-corrected chi connectivity index (χ0v) is 10.1. The predicted octanol–water partition coefficient (Wildman–Crippen LogP) is 0.367. The number of nitrogens with zero attached hydrogens (tertiary/aromatic N) is 2. The second-order valence-electron chi connectivity index (χ2n) is 4.54. The van der Waals surface area contributed by atoms with Crippen LogP contribution < -0.4 is 11.1 Å². The van der Waals surface area contributed by atoms with Crippen molar-refractivity contribution in [2.45, 2.75) is 51.1 Å². The molecule has 17 heavy (non-hydrogen) atoms. The SMILES string of the molecule is CCc1nc(C(=O)N[C@H]2CC[C@H](N)CC2)n[nH]1. The van der Waals surface area contributed by atoms with Crippen molar-refractivity contribution in [2.75, 3.05) is 0 Å². The fraction of sp³-hybridized carbons (Fsp3) is 0.727. The zero-order valence-electron chi connectivity index (χ0n) is 10.1. The molecule has 1 aromatic heterocycles. The summed E-state index contributed by atoms with van der Waals surface area (Å²) in [6.07, 6.45) is 4.58. The van der Waals surface area contributed by atoms with E-state index in [-0.39, 0.29) is 17.8 Å². The van der Waals surface area contributed by atoms with Gasteiger partial charge in [-0.2, -0.15) is 0 Å². The van der Waals surface area contributed by atoms with Crippen molar-refractivity contribution in [2.24, 2.45) is 5.73 Å². The highest BCUT2D eigenvalue weighted by atomic mass is 16.2. The van der Waals surface area contributed by atoms with E-state index in [1.165, 1.54) is 0 Å². The number of hydrogen-bond acceptors (Lipinski definition) is 4. The van der Waals surface area contributed by atoms with E-state index in [0.29, 0.717) is 6.04 Å². The van der Waals surface area contributed by atoms with E-state index in [4.69, 9.17) is 5.73 Å². The minimum absolute atomic E-state index is 0.193. The van der Waals surface area contributed by atoms with Gasteiger partial charge in [0.1, 0.15) is 5.82 Å². The molecule has 0 radical (unpaired) electrons. The van der Waals surface area contributed by atoms with Crippen LogP contribution in [0.25, 0.3) is 0 Å². The molecule has 1 aliphatic carbocycles. The first-order chi connectivity index (χ1) is 8.19. The average molecular weight is 237 g/mol. The van der Waals surface area contributed by atoms with Crippen LogP contribution in [0.3, 0.4) is 0 Å². The highest BCUT2D eigenvalue weighted by Crippen LogP contribution is 2.17. The molecule has 0 bridgehead atoms. The summed E-state index contributed by atoms with van der Waals surface area (Å²) >= 11 is 0. The lowest BCUT2D eigenvalue weighted by molar-refractivity contribution is 0.0915. The molecule has 0 spiro atoms. The summed E-state index contributed by atoms with van der Waals surface area (Å²) in [5, 5.41) is 9.59. The smallest absolute Gasteiger partial charge is 0.291 e. The van der Waals surface area contributed by atoms with Gasteiger partial charge in [0.2, 0.25) is 5.82 Å². The molecule has 4 N–H and O–H groups in total. The Kier molecular flexibility index (Phi) is 3.73. The Morgan fingerprint density at radius 2 is 2.18 bits per heavy atom. The number of carbonyl (C=O) groups is 1. The van der Waals surface area contributed by atoms with E-state index >= 15 is 0 Å². The monoisotopic (exact) mass is 237 g/mol. The summed E-state index contributed by atoms with van der Waals surface area (Å²) in [5.74, 6) is 0.777. The van der Waals surface area contributed by atoms with Crippen molar-refractivity contribution < 1.29 is 4.79 Å². The minimum Gasteiger partial charge on any atom is -0.347 e.